The van der Waals surface area contributed by atoms with Gasteiger partial charge in [-0.2, -0.15) is 5.10 Å². The smallest absolute Gasteiger partial charge is 0.343 e. The maximum absolute atomic E-state index is 12.5. The fraction of sp³-hybridized carbons (Fsp3) is 0.120. The molecule has 0 spiro atoms. The molecule has 3 aromatic carbocycles. The summed E-state index contributed by atoms with van der Waals surface area (Å²) in [5.74, 6) is -1.47. The van der Waals surface area contributed by atoms with Crippen LogP contribution in [0.3, 0.4) is 0 Å². The Hall–Kier alpha value is -4.08. The molecule has 0 aliphatic heterocycles. The van der Waals surface area contributed by atoms with Crippen molar-refractivity contribution in [1.82, 2.24) is 5.43 Å². The number of esters is 1. The van der Waals surface area contributed by atoms with Gasteiger partial charge in [0.15, 0.2) is 11.5 Å². The summed E-state index contributed by atoms with van der Waals surface area (Å²) in [7, 11) is 1.41. The zero-order chi connectivity index (χ0) is 26.1. The minimum atomic E-state index is -1.02. The van der Waals surface area contributed by atoms with E-state index in [0.717, 1.165) is 0 Å². The minimum absolute atomic E-state index is 0.110. The predicted molar refractivity (Wildman–Crippen MR) is 136 cm³/mol. The molecule has 186 valence electrons. The highest BCUT2D eigenvalue weighted by molar-refractivity contribution is 6.45. The number of amides is 2. The third kappa shape index (κ3) is 6.97. The summed E-state index contributed by atoms with van der Waals surface area (Å²) >= 11 is 11.9. The molecule has 3 aromatic rings. The molecule has 2 amide bonds. The topological polar surface area (TPSA) is 115 Å². The normalized spacial score (nSPS) is 10.6. The lowest BCUT2D eigenvalue weighted by Gasteiger charge is -2.10. The van der Waals surface area contributed by atoms with Gasteiger partial charge in [0.2, 0.25) is 0 Å². The van der Waals surface area contributed by atoms with Gasteiger partial charge in [0.05, 0.1) is 41.2 Å². The zero-order valence-corrected chi connectivity index (χ0v) is 20.7. The van der Waals surface area contributed by atoms with Crippen molar-refractivity contribution in [3.63, 3.8) is 0 Å². The van der Waals surface area contributed by atoms with Crippen LogP contribution in [0.2, 0.25) is 10.0 Å². The number of hydrogen-bond acceptors (Lipinski definition) is 7. The second kappa shape index (κ2) is 12.6. The number of methoxy groups -OCH3 is 1. The van der Waals surface area contributed by atoms with Gasteiger partial charge in [-0.25, -0.2) is 10.2 Å². The molecule has 9 nitrogen and oxygen atoms in total. The number of halogens is 2. The second-order valence-electron chi connectivity index (χ2n) is 7.01. The first kappa shape index (κ1) is 26.5. The van der Waals surface area contributed by atoms with Gasteiger partial charge in [0.1, 0.15) is 5.75 Å². The van der Waals surface area contributed by atoms with E-state index in [0.29, 0.717) is 23.5 Å². The summed E-state index contributed by atoms with van der Waals surface area (Å²) in [6.07, 6.45) is 1.29. The molecule has 0 aliphatic carbocycles. The summed E-state index contributed by atoms with van der Waals surface area (Å²) in [6.45, 7) is 2.39. The number of hydrazone groups is 1. The number of nitrogens with one attached hydrogen (secondary N) is 2. The SMILES string of the molecule is CCOc1ccc(C(=O)Oc2ccc(/C=N/NC(=O)C(=O)Nc3cccc(Cl)c3Cl)cc2OC)cc1. The first-order valence-electron chi connectivity index (χ1n) is 10.5. The standard InChI is InChI=1S/C25H21Cl2N3O6/c1-3-35-17-10-8-16(9-11-17)25(33)36-20-12-7-15(13-21(20)34-2)14-28-30-24(32)23(31)29-19-6-4-5-18(26)22(19)27/h4-14H,3H2,1-2H3,(H,29,31)(H,30,32)/b28-14+. The molecule has 0 radical (unpaired) electrons. The van der Waals surface area contributed by atoms with Crippen molar-refractivity contribution in [2.75, 3.05) is 19.0 Å². The lowest BCUT2D eigenvalue weighted by Crippen LogP contribution is -2.32. The molecular formula is C25H21Cl2N3O6. The van der Waals surface area contributed by atoms with E-state index < -0.39 is 17.8 Å². The van der Waals surface area contributed by atoms with E-state index in [2.05, 4.69) is 15.8 Å². The van der Waals surface area contributed by atoms with Crippen LogP contribution in [0, 0.1) is 0 Å². The average Bonchev–Trinajstić information content (AvgIpc) is 2.88. The lowest BCUT2D eigenvalue weighted by atomic mass is 10.2. The maximum Gasteiger partial charge on any atom is 0.343 e. The van der Waals surface area contributed by atoms with Crippen molar-refractivity contribution >= 4 is 52.9 Å². The van der Waals surface area contributed by atoms with Crippen LogP contribution < -0.4 is 25.0 Å². The molecule has 2 N–H and O–H groups in total. The molecule has 0 saturated heterocycles. The highest BCUT2D eigenvalue weighted by Crippen LogP contribution is 2.30. The fourth-order valence-electron chi connectivity index (χ4n) is 2.86. The first-order valence-corrected chi connectivity index (χ1v) is 11.3. The third-order valence-corrected chi connectivity index (χ3v) is 5.40. The van der Waals surface area contributed by atoms with Crippen molar-refractivity contribution in [2.45, 2.75) is 6.92 Å². The first-order chi connectivity index (χ1) is 17.3. The van der Waals surface area contributed by atoms with Crippen LogP contribution in [-0.4, -0.2) is 37.7 Å². The van der Waals surface area contributed by atoms with E-state index in [9.17, 15) is 14.4 Å². The molecule has 36 heavy (non-hydrogen) atoms. The summed E-state index contributed by atoms with van der Waals surface area (Å²) in [6, 6.07) is 15.8. The monoisotopic (exact) mass is 529 g/mol. The molecule has 0 unspecified atom stereocenters. The Morgan fingerprint density at radius 1 is 0.972 bits per heavy atom. The molecule has 11 heteroatoms. The molecule has 0 aromatic heterocycles. The van der Waals surface area contributed by atoms with E-state index in [1.54, 1.807) is 48.5 Å². The van der Waals surface area contributed by atoms with Crippen molar-refractivity contribution in [3.8, 4) is 17.2 Å². The average molecular weight is 530 g/mol. The van der Waals surface area contributed by atoms with Gasteiger partial charge >= 0.3 is 17.8 Å². The number of carbonyl (C=O) groups is 3. The van der Waals surface area contributed by atoms with Gasteiger partial charge in [0.25, 0.3) is 0 Å². The number of nitrogens with zero attached hydrogens (tertiary/aromatic N) is 1. The Kier molecular flexibility index (Phi) is 9.26. The molecule has 0 atom stereocenters. The quantitative estimate of drug-likeness (QED) is 0.143. The summed E-state index contributed by atoms with van der Waals surface area (Å²) < 4.78 is 16.1. The summed E-state index contributed by atoms with van der Waals surface area (Å²) in [4.78, 5) is 36.6. The maximum atomic E-state index is 12.5. The number of ether oxygens (including phenoxy) is 3. The van der Waals surface area contributed by atoms with E-state index >= 15 is 0 Å². The summed E-state index contributed by atoms with van der Waals surface area (Å²) in [5.41, 5.74) is 3.14. The molecule has 0 aliphatic rings. The highest BCUT2D eigenvalue weighted by Gasteiger charge is 2.16. The Morgan fingerprint density at radius 3 is 2.42 bits per heavy atom. The Labute approximate surface area is 216 Å². The van der Waals surface area contributed by atoms with Crippen molar-refractivity contribution < 1.29 is 28.6 Å². The Balaban J connectivity index is 1.60. The van der Waals surface area contributed by atoms with Gasteiger partial charge in [-0.3, -0.25) is 9.59 Å². The second-order valence-corrected chi connectivity index (χ2v) is 7.80. The number of carbonyl (C=O) groups excluding carboxylic acids is 3. The van der Waals surface area contributed by atoms with Crippen LogP contribution >= 0.6 is 23.2 Å². The number of rotatable bonds is 8. The lowest BCUT2D eigenvalue weighted by molar-refractivity contribution is -0.136. The van der Waals surface area contributed by atoms with E-state index in [1.165, 1.54) is 25.5 Å². The minimum Gasteiger partial charge on any atom is -0.494 e. The Morgan fingerprint density at radius 2 is 1.72 bits per heavy atom. The number of hydrogen-bond donors (Lipinski definition) is 2. The zero-order valence-electron chi connectivity index (χ0n) is 19.2. The third-order valence-electron chi connectivity index (χ3n) is 4.58. The van der Waals surface area contributed by atoms with E-state index in [4.69, 9.17) is 37.4 Å². The predicted octanol–water partition coefficient (Wildman–Crippen LogP) is 4.71. The molecule has 0 heterocycles. The largest absolute Gasteiger partial charge is 0.494 e. The molecule has 0 fully saturated rings. The molecule has 3 rings (SSSR count). The van der Waals surface area contributed by atoms with Crippen LogP contribution in [0.15, 0.2) is 65.8 Å². The molecule has 0 saturated carbocycles. The summed E-state index contributed by atoms with van der Waals surface area (Å²) in [5, 5.41) is 6.45. The number of benzene rings is 3. The van der Waals surface area contributed by atoms with Gasteiger partial charge in [0, 0.05) is 0 Å². The van der Waals surface area contributed by atoms with Gasteiger partial charge in [-0.15, -0.1) is 0 Å². The molecular weight excluding hydrogens is 509 g/mol. The highest BCUT2D eigenvalue weighted by atomic mass is 35.5. The van der Waals surface area contributed by atoms with Crippen LogP contribution in [0.1, 0.15) is 22.8 Å². The molecule has 0 bridgehead atoms. The van der Waals surface area contributed by atoms with Crippen molar-refractivity contribution in [1.29, 1.82) is 0 Å². The Bertz CT molecular complexity index is 1300. The van der Waals surface area contributed by atoms with Gasteiger partial charge in [-0.05, 0) is 67.1 Å². The van der Waals surface area contributed by atoms with Crippen LogP contribution in [0.4, 0.5) is 5.69 Å². The van der Waals surface area contributed by atoms with Gasteiger partial charge < -0.3 is 19.5 Å². The van der Waals surface area contributed by atoms with Gasteiger partial charge in [-0.1, -0.05) is 29.3 Å². The van der Waals surface area contributed by atoms with Crippen LogP contribution in [0.25, 0.3) is 0 Å². The number of anilines is 1. The van der Waals surface area contributed by atoms with Crippen molar-refractivity contribution in [3.05, 3.63) is 81.8 Å². The van der Waals surface area contributed by atoms with E-state index in [-0.39, 0.29) is 27.2 Å². The fourth-order valence-corrected chi connectivity index (χ4v) is 3.20. The van der Waals surface area contributed by atoms with Crippen molar-refractivity contribution in [2.24, 2.45) is 5.10 Å². The van der Waals surface area contributed by atoms with Crippen LogP contribution in [-0.2, 0) is 9.59 Å². The van der Waals surface area contributed by atoms with E-state index in [1.807, 2.05) is 6.92 Å². The van der Waals surface area contributed by atoms with Crippen LogP contribution in [0.5, 0.6) is 17.2 Å².